The highest BCUT2D eigenvalue weighted by atomic mass is 32.1. The second kappa shape index (κ2) is 15.9. The number of thiol groups is 1. The Kier molecular flexibility index (Phi) is 21.2. The SMILES string of the molecule is CCCCS.N=C=O. The number of rotatable bonds is 2. The van der Waals surface area contributed by atoms with E-state index in [-0.39, 0.29) is 0 Å². The van der Waals surface area contributed by atoms with Crippen molar-refractivity contribution in [2.45, 2.75) is 19.8 Å². The van der Waals surface area contributed by atoms with Crippen molar-refractivity contribution in [2.75, 3.05) is 5.75 Å². The van der Waals surface area contributed by atoms with Crippen LogP contribution in [-0.2, 0) is 4.79 Å². The van der Waals surface area contributed by atoms with Crippen molar-refractivity contribution >= 4 is 18.7 Å². The Labute approximate surface area is 55.2 Å². The first kappa shape index (κ1) is 10.7. The van der Waals surface area contributed by atoms with Gasteiger partial charge in [-0.3, -0.25) is 0 Å². The molecule has 0 unspecified atom stereocenters. The highest BCUT2D eigenvalue weighted by molar-refractivity contribution is 7.80. The minimum Gasteiger partial charge on any atom is -0.222 e. The summed E-state index contributed by atoms with van der Waals surface area (Å²) in [5.74, 6) is 1.04. The van der Waals surface area contributed by atoms with E-state index in [0.717, 1.165) is 11.8 Å². The van der Waals surface area contributed by atoms with Crippen molar-refractivity contribution in [2.24, 2.45) is 0 Å². The smallest absolute Gasteiger partial charge is 0.222 e. The van der Waals surface area contributed by atoms with Crippen LogP contribution in [0.1, 0.15) is 19.8 Å². The second-order valence-electron chi connectivity index (χ2n) is 1.18. The van der Waals surface area contributed by atoms with Crippen LogP contribution in [0, 0.1) is 5.41 Å². The summed E-state index contributed by atoms with van der Waals surface area (Å²) in [6.45, 7) is 2.16. The van der Waals surface area contributed by atoms with Crippen LogP contribution < -0.4 is 0 Å². The molecule has 0 aromatic rings. The molecule has 8 heavy (non-hydrogen) atoms. The normalized spacial score (nSPS) is 6.25. The van der Waals surface area contributed by atoms with Gasteiger partial charge in [0.05, 0.1) is 0 Å². The van der Waals surface area contributed by atoms with Crippen LogP contribution in [0.4, 0.5) is 0 Å². The Bertz CT molecular complexity index is 57.4. The average Bonchev–Trinajstić information content (AvgIpc) is 1.71. The zero-order valence-corrected chi connectivity index (χ0v) is 5.87. The summed E-state index contributed by atoms with van der Waals surface area (Å²) in [6.07, 6.45) is 3.27. The minimum atomic E-state index is 0.750. The van der Waals surface area contributed by atoms with E-state index in [1.165, 1.54) is 12.8 Å². The quantitative estimate of drug-likeness (QED) is 0.335. The van der Waals surface area contributed by atoms with Crippen molar-refractivity contribution in [3.8, 4) is 0 Å². The van der Waals surface area contributed by atoms with Gasteiger partial charge in [0.1, 0.15) is 0 Å². The van der Waals surface area contributed by atoms with Crippen LogP contribution >= 0.6 is 12.6 Å². The molecule has 0 aliphatic carbocycles. The van der Waals surface area contributed by atoms with Gasteiger partial charge in [-0.05, 0) is 12.2 Å². The molecule has 0 saturated heterocycles. The maximum Gasteiger partial charge on any atom is 0.231 e. The third-order valence-corrected chi connectivity index (χ3v) is 0.828. The average molecular weight is 133 g/mol. The van der Waals surface area contributed by atoms with Gasteiger partial charge >= 0.3 is 0 Å². The molecule has 0 atom stereocenters. The lowest BCUT2D eigenvalue weighted by Crippen LogP contribution is -1.65. The first-order valence-corrected chi connectivity index (χ1v) is 3.11. The standard InChI is InChI=1S/C4H10S.CHNO/c1-2-3-4-5;2-1-3/h5H,2-4H2,1H3;2H. The van der Waals surface area contributed by atoms with Gasteiger partial charge in [0.15, 0.2) is 0 Å². The van der Waals surface area contributed by atoms with E-state index in [1.54, 1.807) is 0 Å². The van der Waals surface area contributed by atoms with Crippen molar-refractivity contribution < 1.29 is 4.79 Å². The van der Waals surface area contributed by atoms with Crippen LogP contribution in [0.3, 0.4) is 0 Å². The molecule has 0 radical (unpaired) electrons. The molecule has 48 valence electrons. The van der Waals surface area contributed by atoms with E-state index < -0.39 is 0 Å². The van der Waals surface area contributed by atoms with E-state index in [9.17, 15) is 0 Å². The lowest BCUT2D eigenvalue weighted by atomic mass is 10.4. The summed E-state index contributed by atoms with van der Waals surface area (Å²) in [7, 11) is 0. The number of nitrogens with one attached hydrogen (secondary N) is 1. The van der Waals surface area contributed by atoms with Crippen LogP contribution in [0.25, 0.3) is 0 Å². The van der Waals surface area contributed by atoms with Crippen molar-refractivity contribution in [3.05, 3.63) is 0 Å². The fourth-order valence-corrected chi connectivity index (χ4v) is 0.474. The largest absolute Gasteiger partial charge is 0.231 e. The molecule has 2 nitrogen and oxygen atoms in total. The summed E-state index contributed by atoms with van der Waals surface area (Å²) in [5, 5.41) is 5.40. The van der Waals surface area contributed by atoms with E-state index in [2.05, 4.69) is 19.6 Å². The Balaban J connectivity index is 0. The zero-order valence-electron chi connectivity index (χ0n) is 4.98. The molecule has 0 saturated carbocycles. The third kappa shape index (κ3) is 42.8. The number of isocyanates is 1. The zero-order chi connectivity index (χ0) is 6.83. The topological polar surface area (TPSA) is 40.9 Å². The fourth-order valence-electron chi connectivity index (χ4n) is 0.158. The summed E-state index contributed by atoms with van der Waals surface area (Å²) in [4.78, 5) is 8.35. The molecule has 0 rings (SSSR count). The Morgan fingerprint density at radius 3 is 2.12 bits per heavy atom. The highest BCUT2D eigenvalue weighted by Crippen LogP contribution is 1.85. The van der Waals surface area contributed by atoms with Gasteiger partial charge in [0, 0.05) is 0 Å². The molecule has 0 aromatic carbocycles. The fraction of sp³-hybridized carbons (Fsp3) is 0.800. The van der Waals surface area contributed by atoms with Crippen molar-refractivity contribution in [3.63, 3.8) is 0 Å². The Morgan fingerprint density at radius 1 is 1.75 bits per heavy atom. The lowest BCUT2D eigenvalue weighted by molar-refractivity contribution is 0.563. The van der Waals surface area contributed by atoms with Gasteiger partial charge in [-0.2, -0.15) is 12.6 Å². The molecule has 0 bridgehead atoms. The molecular formula is C5H11NOS. The molecule has 0 aliphatic heterocycles. The molecule has 0 aromatic heterocycles. The number of hydrogen-bond acceptors (Lipinski definition) is 3. The van der Waals surface area contributed by atoms with Crippen LogP contribution in [0.15, 0.2) is 0 Å². The Hall–Kier alpha value is -0.270. The van der Waals surface area contributed by atoms with Gasteiger partial charge in [0.25, 0.3) is 0 Å². The van der Waals surface area contributed by atoms with Crippen molar-refractivity contribution in [1.29, 1.82) is 5.41 Å². The second-order valence-corrected chi connectivity index (χ2v) is 1.63. The van der Waals surface area contributed by atoms with Gasteiger partial charge in [0.2, 0.25) is 6.08 Å². The number of carbonyl (C=O) groups excluding carboxylic acids is 1. The predicted molar refractivity (Wildman–Crippen MR) is 37.2 cm³/mol. The van der Waals surface area contributed by atoms with Gasteiger partial charge in [-0.1, -0.05) is 13.3 Å². The molecule has 3 heteroatoms. The lowest BCUT2D eigenvalue weighted by Gasteiger charge is -1.78. The van der Waals surface area contributed by atoms with Gasteiger partial charge in [-0.15, -0.1) is 0 Å². The number of unbranched alkanes of at least 4 members (excludes halogenated alkanes) is 1. The maximum absolute atomic E-state index is 8.35. The molecule has 1 N–H and O–H groups in total. The first-order valence-electron chi connectivity index (χ1n) is 2.48. The molecule has 0 fully saturated rings. The summed E-state index contributed by atoms with van der Waals surface area (Å²) in [5.41, 5.74) is 0. The molecular weight excluding hydrogens is 122 g/mol. The summed E-state index contributed by atoms with van der Waals surface area (Å²) >= 11 is 4.00. The molecule has 0 heterocycles. The van der Waals surface area contributed by atoms with Crippen LogP contribution in [0.2, 0.25) is 0 Å². The summed E-state index contributed by atoms with van der Waals surface area (Å²) < 4.78 is 0. The van der Waals surface area contributed by atoms with E-state index >= 15 is 0 Å². The predicted octanol–water partition coefficient (Wildman–Crippen LogP) is 1.62. The third-order valence-electron chi connectivity index (χ3n) is 0.512. The van der Waals surface area contributed by atoms with Crippen LogP contribution in [-0.4, -0.2) is 11.8 Å². The Morgan fingerprint density at radius 2 is 2.12 bits per heavy atom. The highest BCUT2D eigenvalue weighted by Gasteiger charge is 1.68. The van der Waals surface area contributed by atoms with E-state index in [1.807, 2.05) is 0 Å². The van der Waals surface area contributed by atoms with Gasteiger partial charge < -0.3 is 0 Å². The summed E-state index contributed by atoms with van der Waals surface area (Å²) in [6, 6.07) is 0. The monoisotopic (exact) mass is 133 g/mol. The van der Waals surface area contributed by atoms with E-state index in [0.29, 0.717) is 0 Å². The number of hydrogen-bond donors (Lipinski definition) is 2. The molecule has 0 spiro atoms. The first-order chi connectivity index (χ1) is 3.83. The molecule has 0 amide bonds. The van der Waals surface area contributed by atoms with E-state index in [4.69, 9.17) is 10.2 Å². The van der Waals surface area contributed by atoms with Crippen LogP contribution in [0.5, 0.6) is 0 Å². The molecule has 0 aliphatic rings. The van der Waals surface area contributed by atoms with Gasteiger partial charge in [-0.25, -0.2) is 10.2 Å². The van der Waals surface area contributed by atoms with Crippen molar-refractivity contribution in [1.82, 2.24) is 0 Å². The minimum absolute atomic E-state index is 0.750. The maximum atomic E-state index is 8.35.